The molecular weight excluding hydrogens is 204 g/mol. The first-order chi connectivity index (χ1) is 7.78. The summed E-state index contributed by atoms with van der Waals surface area (Å²) in [7, 11) is 1.62. The summed E-state index contributed by atoms with van der Waals surface area (Å²) >= 11 is 0. The van der Waals surface area contributed by atoms with Gasteiger partial charge in [-0.1, -0.05) is 0 Å². The van der Waals surface area contributed by atoms with Gasteiger partial charge >= 0.3 is 0 Å². The lowest BCUT2D eigenvalue weighted by molar-refractivity contribution is 0.197. The van der Waals surface area contributed by atoms with Crippen LogP contribution in [0.15, 0.2) is 12.4 Å². The Balaban J connectivity index is 1.97. The van der Waals surface area contributed by atoms with E-state index in [4.69, 9.17) is 4.74 Å². The van der Waals surface area contributed by atoms with Crippen molar-refractivity contribution in [3.63, 3.8) is 0 Å². The van der Waals surface area contributed by atoms with Crippen LogP contribution in [0.4, 0.5) is 0 Å². The molecule has 88 valence electrons. The van der Waals surface area contributed by atoms with E-state index in [-0.39, 0.29) is 0 Å². The molecule has 5 heteroatoms. The predicted octanol–water partition coefficient (Wildman–Crippen LogP) is 0.279. The van der Waals surface area contributed by atoms with Crippen LogP contribution < -0.4 is 10.1 Å². The molecule has 1 N–H and O–H groups in total. The Morgan fingerprint density at radius 2 is 2.44 bits per heavy atom. The lowest BCUT2D eigenvalue weighted by Gasteiger charge is -2.31. The van der Waals surface area contributed by atoms with Gasteiger partial charge in [0.1, 0.15) is 6.33 Å². The standard InChI is InChI=1S/C11H18N4O/c1-9-6-15(4-3-12-9)7-10-5-11(16-2)14-8-13-10/h5,8-9,12H,3-4,6-7H2,1-2H3. The molecule has 0 bridgehead atoms. The van der Waals surface area contributed by atoms with E-state index in [1.165, 1.54) is 0 Å². The molecule has 5 nitrogen and oxygen atoms in total. The molecule has 1 unspecified atom stereocenters. The summed E-state index contributed by atoms with van der Waals surface area (Å²) in [6.07, 6.45) is 1.56. The maximum Gasteiger partial charge on any atom is 0.216 e. The second kappa shape index (κ2) is 5.23. The second-order valence-electron chi connectivity index (χ2n) is 4.14. The van der Waals surface area contributed by atoms with Crippen molar-refractivity contribution >= 4 is 0 Å². The zero-order valence-corrected chi connectivity index (χ0v) is 9.81. The van der Waals surface area contributed by atoms with Gasteiger partial charge in [0.15, 0.2) is 0 Å². The lowest BCUT2D eigenvalue weighted by atomic mass is 10.2. The highest BCUT2D eigenvalue weighted by Crippen LogP contribution is 2.09. The normalized spacial score (nSPS) is 22.0. The summed E-state index contributed by atoms with van der Waals surface area (Å²) in [6, 6.07) is 2.45. The molecule has 0 radical (unpaired) electrons. The third-order valence-electron chi connectivity index (χ3n) is 2.75. The molecule has 0 saturated carbocycles. The second-order valence-corrected chi connectivity index (χ2v) is 4.14. The van der Waals surface area contributed by atoms with Crippen molar-refractivity contribution in [1.82, 2.24) is 20.2 Å². The monoisotopic (exact) mass is 222 g/mol. The summed E-state index contributed by atoms with van der Waals surface area (Å²) in [5.41, 5.74) is 1.01. The van der Waals surface area contributed by atoms with Gasteiger partial charge in [-0.15, -0.1) is 0 Å². The first-order valence-electron chi connectivity index (χ1n) is 5.58. The van der Waals surface area contributed by atoms with Gasteiger partial charge in [0.25, 0.3) is 0 Å². The fourth-order valence-corrected chi connectivity index (χ4v) is 1.96. The zero-order chi connectivity index (χ0) is 11.4. The molecule has 1 aliphatic rings. The van der Waals surface area contributed by atoms with Crippen LogP contribution in [0.5, 0.6) is 5.88 Å². The fourth-order valence-electron chi connectivity index (χ4n) is 1.96. The van der Waals surface area contributed by atoms with Gasteiger partial charge in [0.2, 0.25) is 5.88 Å². The zero-order valence-electron chi connectivity index (χ0n) is 9.81. The van der Waals surface area contributed by atoms with Crippen LogP contribution in [-0.2, 0) is 6.54 Å². The molecule has 1 aliphatic heterocycles. The molecular formula is C11H18N4O. The van der Waals surface area contributed by atoms with Gasteiger partial charge in [-0.25, -0.2) is 9.97 Å². The van der Waals surface area contributed by atoms with Crippen LogP contribution in [0.2, 0.25) is 0 Å². The largest absolute Gasteiger partial charge is 0.481 e. The number of rotatable bonds is 3. The van der Waals surface area contributed by atoms with E-state index in [1.807, 2.05) is 6.07 Å². The molecule has 2 rings (SSSR count). The maximum absolute atomic E-state index is 5.08. The molecule has 1 saturated heterocycles. The van der Waals surface area contributed by atoms with E-state index in [0.717, 1.165) is 31.9 Å². The van der Waals surface area contributed by atoms with Crippen LogP contribution in [0.1, 0.15) is 12.6 Å². The third-order valence-corrected chi connectivity index (χ3v) is 2.75. The van der Waals surface area contributed by atoms with Crippen LogP contribution in [0.25, 0.3) is 0 Å². The SMILES string of the molecule is COc1cc(CN2CCNC(C)C2)ncn1. The number of methoxy groups -OCH3 is 1. The Morgan fingerprint density at radius 3 is 3.19 bits per heavy atom. The Kier molecular flexibility index (Phi) is 3.69. The van der Waals surface area contributed by atoms with E-state index in [1.54, 1.807) is 13.4 Å². The number of nitrogens with zero attached hydrogens (tertiary/aromatic N) is 3. The molecule has 0 aromatic carbocycles. The average molecular weight is 222 g/mol. The molecule has 16 heavy (non-hydrogen) atoms. The third kappa shape index (κ3) is 2.90. The highest BCUT2D eigenvalue weighted by atomic mass is 16.5. The number of nitrogens with one attached hydrogen (secondary N) is 1. The van der Waals surface area contributed by atoms with E-state index >= 15 is 0 Å². The van der Waals surface area contributed by atoms with Gasteiger partial charge in [-0.3, -0.25) is 4.90 Å². The molecule has 2 heterocycles. The van der Waals surface area contributed by atoms with Crippen LogP contribution >= 0.6 is 0 Å². The summed E-state index contributed by atoms with van der Waals surface area (Å²) in [4.78, 5) is 10.6. The van der Waals surface area contributed by atoms with Gasteiger partial charge in [0.05, 0.1) is 12.8 Å². The Hall–Kier alpha value is -1.20. The summed E-state index contributed by atoms with van der Waals surface area (Å²) in [6.45, 7) is 6.24. The smallest absolute Gasteiger partial charge is 0.216 e. The van der Waals surface area contributed by atoms with Gasteiger partial charge in [-0.2, -0.15) is 0 Å². The van der Waals surface area contributed by atoms with Crippen molar-refractivity contribution in [2.24, 2.45) is 0 Å². The summed E-state index contributed by atoms with van der Waals surface area (Å²) < 4.78 is 5.08. The van der Waals surface area contributed by atoms with E-state index in [0.29, 0.717) is 11.9 Å². The van der Waals surface area contributed by atoms with Crippen molar-refractivity contribution in [3.05, 3.63) is 18.1 Å². The molecule has 0 aliphatic carbocycles. The Bertz CT molecular complexity index is 345. The average Bonchev–Trinajstić information content (AvgIpc) is 2.29. The maximum atomic E-state index is 5.08. The minimum Gasteiger partial charge on any atom is -0.481 e. The Labute approximate surface area is 95.8 Å². The van der Waals surface area contributed by atoms with Crippen molar-refractivity contribution in [3.8, 4) is 5.88 Å². The van der Waals surface area contributed by atoms with Crippen molar-refractivity contribution < 1.29 is 4.74 Å². The first-order valence-corrected chi connectivity index (χ1v) is 5.58. The van der Waals surface area contributed by atoms with E-state index < -0.39 is 0 Å². The van der Waals surface area contributed by atoms with E-state index in [9.17, 15) is 0 Å². The predicted molar refractivity (Wildman–Crippen MR) is 61.3 cm³/mol. The minimum atomic E-state index is 0.553. The van der Waals surface area contributed by atoms with Crippen molar-refractivity contribution in [2.75, 3.05) is 26.7 Å². The Morgan fingerprint density at radius 1 is 1.56 bits per heavy atom. The first kappa shape index (κ1) is 11.3. The van der Waals surface area contributed by atoms with Gasteiger partial charge < -0.3 is 10.1 Å². The fraction of sp³-hybridized carbons (Fsp3) is 0.636. The molecule has 0 spiro atoms. The number of hydrogen-bond donors (Lipinski definition) is 1. The highest BCUT2D eigenvalue weighted by Gasteiger charge is 2.16. The van der Waals surface area contributed by atoms with Crippen LogP contribution in [0, 0.1) is 0 Å². The van der Waals surface area contributed by atoms with E-state index in [2.05, 4.69) is 27.1 Å². The number of hydrogen-bond acceptors (Lipinski definition) is 5. The van der Waals surface area contributed by atoms with Crippen molar-refractivity contribution in [2.45, 2.75) is 19.5 Å². The molecule has 1 aromatic heterocycles. The quantitative estimate of drug-likeness (QED) is 0.796. The summed E-state index contributed by atoms with van der Waals surface area (Å²) in [5.74, 6) is 0.633. The molecule has 1 atom stereocenters. The number of ether oxygens (including phenoxy) is 1. The van der Waals surface area contributed by atoms with Gasteiger partial charge in [0, 0.05) is 38.3 Å². The van der Waals surface area contributed by atoms with Gasteiger partial charge in [-0.05, 0) is 6.92 Å². The lowest BCUT2D eigenvalue weighted by Crippen LogP contribution is -2.48. The molecule has 1 aromatic rings. The topological polar surface area (TPSA) is 50.3 Å². The number of aromatic nitrogens is 2. The van der Waals surface area contributed by atoms with Crippen LogP contribution in [0.3, 0.4) is 0 Å². The molecule has 1 fully saturated rings. The van der Waals surface area contributed by atoms with Crippen LogP contribution in [-0.4, -0.2) is 47.7 Å². The minimum absolute atomic E-state index is 0.553. The molecule has 0 amide bonds. The number of piperazine rings is 1. The summed E-state index contributed by atoms with van der Waals surface area (Å²) in [5, 5.41) is 3.42. The van der Waals surface area contributed by atoms with Crippen molar-refractivity contribution in [1.29, 1.82) is 0 Å². The highest BCUT2D eigenvalue weighted by molar-refractivity contribution is 5.13.